The maximum atomic E-state index is 12.4. The lowest BCUT2D eigenvalue weighted by molar-refractivity contribution is -0.229. The first-order valence-corrected chi connectivity index (χ1v) is 12.4. The van der Waals surface area contributed by atoms with Crippen molar-refractivity contribution in [2.45, 2.75) is 103 Å². The second kappa shape index (κ2) is 12.4. The predicted octanol–water partition coefficient (Wildman–Crippen LogP) is 7.73. The van der Waals surface area contributed by atoms with E-state index in [1.165, 1.54) is 64.2 Å². The monoisotopic (exact) mass is 412 g/mol. The van der Waals surface area contributed by atoms with Gasteiger partial charge in [-0.3, -0.25) is 0 Å². The molecule has 3 rings (SSSR count). The lowest BCUT2D eigenvalue weighted by Crippen LogP contribution is -2.38. The number of ether oxygens (including phenoxy) is 2. The normalized spacial score (nSPS) is 36.0. The summed E-state index contributed by atoms with van der Waals surface area (Å²) < 4.78 is 36.9. The summed E-state index contributed by atoms with van der Waals surface area (Å²) >= 11 is 0. The molecule has 0 aromatic rings. The maximum Gasteiger partial charge on any atom is 0.266 e. The zero-order valence-corrected chi connectivity index (χ0v) is 18.4. The quantitative estimate of drug-likeness (QED) is 0.361. The fraction of sp³-hybridized carbons (Fsp3) is 0.920. The Hall–Kier alpha value is -0.480. The molecule has 0 aromatic heterocycles. The van der Waals surface area contributed by atoms with E-state index in [1.54, 1.807) is 0 Å². The van der Waals surface area contributed by atoms with Crippen LogP contribution in [0, 0.1) is 29.6 Å². The molecule has 2 saturated carbocycles. The SMILES string of the molecule is CCCC1CCC(CCCCC2COC(C3CCC(C=C(F)F)CC3)OC2)CC1. The first-order chi connectivity index (χ1) is 14.1. The van der Waals surface area contributed by atoms with E-state index in [0.29, 0.717) is 11.8 Å². The Balaban J connectivity index is 1.22. The van der Waals surface area contributed by atoms with Crippen molar-refractivity contribution in [2.24, 2.45) is 29.6 Å². The van der Waals surface area contributed by atoms with Gasteiger partial charge in [-0.05, 0) is 55.9 Å². The minimum absolute atomic E-state index is 0.0364. The summed E-state index contributed by atoms with van der Waals surface area (Å²) in [4.78, 5) is 0. The molecule has 3 fully saturated rings. The number of hydrogen-bond acceptors (Lipinski definition) is 2. The second-order valence-corrected chi connectivity index (χ2v) is 9.99. The van der Waals surface area contributed by atoms with Crippen molar-refractivity contribution in [3.05, 3.63) is 12.2 Å². The topological polar surface area (TPSA) is 18.5 Å². The molecule has 3 aliphatic rings. The van der Waals surface area contributed by atoms with Gasteiger partial charge in [0.25, 0.3) is 6.08 Å². The molecule has 0 bridgehead atoms. The largest absolute Gasteiger partial charge is 0.352 e. The van der Waals surface area contributed by atoms with Gasteiger partial charge in [0, 0.05) is 11.8 Å². The van der Waals surface area contributed by atoms with E-state index < -0.39 is 6.08 Å². The predicted molar refractivity (Wildman–Crippen MR) is 114 cm³/mol. The molecule has 0 amide bonds. The molecule has 2 nitrogen and oxygen atoms in total. The van der Waals surface area contributed by atoms with Gasteiger partial charge in [0.1, 0.15) is 0 Å². The van der Waals surface area contributed by atoms with Gasteiger partial charge in [-0.1, -0.05) is 64.7 Å². The van der Waals surface area contributed by atoms with E-state index in [9.17, 15) is 8.78 Å². The van der Waals surface area contributed by atoms with Crippen molar-refractivity contribution in [2.75, 3.05) is 13.2 Å². The van der Waals surface area contributed by atoms with Gasteiger partial charge >= 0.3 is 0 Å². The molecule has 168 valence electrons. The van der Waals surface area contributed by atoms with Crippen molar-refractivity contribution in [3.8, 4) is 0 Å². The Morgan fingerprint density at radius 3 is 1.86 bits per heavy atom. The fourth-order valence-corrected chi connectivity index (χ4v) is 5.84. The summed E-state index contributed by atoms with van der Waals surface area (Å²) in [5.74, 6) is 2.94. The molecule has 2 aliphatic carbocycles. The Morgan fingerprint density at radius 1 is 0.759 bits per heavy atom. The third-order valence-corrected chi connectivity index (χ3v) is 7.69. The molecule has 0 spiro atoms. The smallest absolute Gasteiger partial charge is 0.266 e. The highest BCUT2D eigenvalue weighted by Crippen LogP contribution is 2.36. The number of allylic oxidation sites excluding steroid dienone is 1. The molecular weight excluding hydrogens is 370 g/mol. The van der Waals surface area contributed by atoms with Crippen LogP contribution in [0.25, 0.3) is 0 Å². The van der Waals surface area contributed by atoms with Gasteiger partial charge in [-0.25, -0.2) is 0 Å². The third kappa shape index (κ3) is 7.94. The van der Waals surface area contributed by atoms with Crippen molar-refractivity contribution in [3.63, 3.8) is 0 Å². The van der Waals surface area contributed by atoms with Crippen molar-refractivity contribution in [1.82, 2.24) is 0 Å². The van der Waals surface area contributed by atoms with E-state index in [4.69, 9.17) is 9.47 Å². The second-order valence-electron chi connectivity index (χ2n) is 9.99. The summed E-state index contributed by atoms with van der Waals surface area (Å²) in [7, 11) is 0. The zero-order valence-electron chi connectivity index (χ0n) is 18.4. The molecule has 0 atom stereocenters. The highest BCUT2D eigenvalue weighted by atomic mass is 19.3. The molecule has 0 aromatic carbocycles. The first-order valence-electron chi connectivity index (χ1n) is 12.4. The zero-order chi connectivity index (χ0) is 20.5. The van der Waals surface area contributed by atoms with Crippen LogP contribution in [-0.4, -0.2) is 19.5 Å². The number of hydrogen-bond donors (Lipinski definition) is 0. The van der Waals surface area contributed by atoms with Crippen LogP contribution in [0.2, 0.25) is 0 Å². The van der Waals surface area contributed by atoms with E-state index in [0.717, 1.165) is 56.8 Å². The van der Waals surface area contributed by atoms with Crippen molar-refractivity contribution in [1.29, 1.82) is 0 Å². The van der Waals surface area contributed by atoms with E-state index in [1.807, 2.05) is 0 Å². The van der Waals surface area contributed by atoms with E-state index >= 15 is 0 Å². The minimum Gasteiger partial charge on any atom is -0.352 e. The first kappa shape index (κ1) is 23.2. The van der Waals surface area contributed by atoms with Crippen molar-refractivity contribution >= 4 is 0 Å². The summed E-state index contributed by atoms with van der Waals surface area (Å²) in [6, 6.07) is 0. The average molecular weight is 413 g/mol. The fourth-order valence-electron chi connectivity index (χ4n) is 5.84. The third-order valence-electron chi connectivity index (χ3n) is 7.69. The molecule has 4 heteroatoms. The van der Waals surface area contributed by atoms with Crippen LogP contribution in [0.5, 0.6) is 0 Å². The number of halogens is 2. The van der Waals surface area contributed by atoms with Gasteiger partial charge in [0.15, 0.2) is 6.29 Å². The maximum absolute atomic E-state index is 12.4. The summed E-state index contributed by atoms with van der Waals surface area (Å²) in [5, 5.41) is 0. The van der Waals surface area contributed by atoms with Crippen LogP contribution < -0.4 is 0 Å². The molecule has 1 aliphatic heterocycles. The van der Waals surface area contributed by atoms with Crippen LogP contribution in [0.3, 0.4) is 0 Å². The van der Waals surface area contributed by atoms with Crippen LogP contribution in [0.4, 0.5) is 8.78 Å². The molecule has 1 heterocycles. The van der Waals surface area contributed by atoms with Gasteiger partial charge in [-0.2, -0.15) is 8.78 Å². The Morgan fingerprint density at radius 2 is 1.31 bits per heavy atom. The Labute approximate surface area is 176 Å². The molecule has 0 radical (unpaired) electrons. The molecule has 29 heavy (non-hydrogen) atoms. The van der Waals surface area contributed by atoms with Gasteiger partial charge in [0.2, 0.25) is 0 Å². The lowest BCUT2D eigenvalue weighted by atomic mass is 9.78. The molecule has 0 unspecified atom stereocenters. The van der Waals surface area contributed by atoms with Gasteiger partial charge in [-0.15, -0.1) is 0 Å². The van der Waals surface area contributed by atoms with Crippen LogP contribution in [-0.2, 0) is 9.47 Å². The number of unbranched alkanes of at least 4 members (excludes halogenated alkanes) is 1. The highest BCUT2D eigenvalue weighted by molar-refractivity contribution is 4.91. The highest BCUT2D eigenvalue weighted by Gasteiger charge is 2.32. The van der Waals surface area contributed by atoms with Crippen LogP contribution in [0.1, 0.15) is 96.8 Å². The Kier molecular flexibility index (Phi) is 9.91. The lowest BCUT2D eigenvalue weighted by Gasteiger charge is -2.37. The number of rotatable bonds is 9. The van der Waals surface area contributed by atoms with E-state index in [2.05, 4.69) is 6.92 Å². The van der Waals surface area contributed by atoms with Gasteiger partial charge in [0.05, 0.1) is 13.2 Å². The summed E-state index contributed by atoms with van der Waals surface area (Å²) in [6.45, 7) is 3.93. The van der Waals surface area contributed by atoms with Crippen molar-refractivity contribution < 1.29 is 18.3 Å². The Bertz CT molecular complexity index is 467. The van der Waals surface area contributed by atoms with E-state index in [-0.39, 0.29) is 12.2 Å². The summed E-state index contributed by atoms with van der Waals surface area (Å²) in [5.41, 5.74) is 0. The van der Waals surface area contributed by atoms with Gasteiger partial charge < -0.3 is 9.47 Å². The molecular formula is C25H42F2O2. The minimum atomic E-state index is -1.54. The average Bonchev–Trinajstić information content (AvgIpc) is 2.73. The van der Waals surface area contributed by atoms with Crippen LogP contribution >= 0.6 is 0 Å². The standard InChI is InChI=1S/C25H42F2O2/c1-2-5-19-8-10-20(11-9-19)6-3-4-7-22-17-28-25(29-18-22)23-14-12-21(13-15-23)16-24(26)27/h16,19-23,25H,2-15,17-18H2,1H3. The molecule has 0 N–H and O–H groups in total. The molecule has 1 saturated heterocycles. The summed E-state index contributed by atoms with van der Waals surface area (Å²) in [6.07, 6.45) is 16.9. The van der Waals surface area contributed by atoms with Crippen LogP contribution in [0.15, 0.2) is 12.2 Å².